The Labute approximate surface area is 216 Å². The summed E-state index contributed by atoms with van der Waals surface area (Å²) in [7, 11) is 0. The Hall–Kier alpha value is -3.57. The third kappa shape index (κ3) is 7.46. The van der Waals surface area contributed by atoms with Crippen molar-refractivity contribution < 1.29 is 33.8 Å². The fraction of sp³-hybridized carbons (Fsp3) is 0.640. The monoisotopic (exact) mass is 519 g/mol. The summed E-state index contributed by atoms with van der Waals surface area (Å²) in [5.41, 5.74) is 0.270. The van der Waals surface area contributed by atoms with Crippen LogP contribution < -0.4 is 10.2 Å². The molecule has 3 rings (SSSR count). The first-order valence-corrected chi connectivity index (χ1v) is 12.5. The van der Waals surface area contributed by atoms with Crippen LogP contribution in [0.3, 0.4) is 0 Å². The number of aromatic nitrogens is 1. The molecule has 0 bridgehead atoms. The predicted octanol–water partition coefficient (Wildman–Crippen LogP) is 1.94. The number of nitrogens with one attached hydrogen (secondary N) is 1. The lowest BCUT2D eigenvalue weighted by Crippen LogP contribution is -2.54. The van der Waals surface area contributed by atoms with Gasteiger partial charge in [-0.05, 0) is 38.8 Å². The first-order chi connectivity index (χ1) is 17.4. The van der Waals surface area contributed by atoms with Crippen molar-refractivity contribution in [3.8, 4) is 0 Å². The highest BCUT2D eigenvalue weighted by Gasteiger charge is 2.45. The Morgan fingerprint density at radius 1 is 1.08 bits per heavy atom. The van der Waals surface area contributed by atoms with Gasteiger partial charge < -0.3 is 34.6 Å². The largest absolute Gasteiger partial charge is 0.480 e. The number of piperazine rings is 1. The molecule has 12 nitrogen and oxygen atoms in total. The Kier molecular flexibility index (Phi) is 8.82. The van der Waals surface area contributed by atoms with E-state index in [0.717, 1.165) is 5.69 Å². The highest BCUT2D eigenvalue weighted by Crippen LogP contribution is 2.24. The lowest BCUT2D eigenvalue weighted by molar-refractivity contribution is -0.149. The van der Waals surface area contributed by atoms with E-state index < -0.39 is 47.9 Å². The molecule has 0 unspecified atom stereocenters. The number of amides is 3. The maximum absolute atomic E-state index is 13.3. The number of alkyl carbamates (subject to hydrolysis) is 1. The van der Waals surface area contributed by atoms with Gasteiger partial charge in [-0.15, -0.1) is 0 Å². The summed E-state index contributed by atoms with van der Waals surface area (Å²) in [6.45, 7) is 10.7. The second-order valence-corrected chi connectivity index (χ2v) is 10.6. The van der Waals surface area contributed by atoms with E-state index in [4.69, 9.17) is 9.47 Å². The van der Waals surface area contributed by atoms with Crippen LogP contribution in [0.1, 0.15) is 41.0 Å². The van der Waals surface area contributed by atoms with E-state index in [-0.39, 0.29) is 18.9 Å². The van der Waals surface area contributed by atoms with Crippen LogP contribution in [0.2, 0.25) is 0 Å². The van der Waals surface area contributed by atoms with E-state index in [0.29, 0.717) is 26.2 Å². The smallest absolute Gasteiger partial charge is 0.410 e. The number of nitrogens with zero attached hydrogens (tertiary/aromatic N) is 4. The number of hydrogen-bond donors (Lipinski definition) is 2. The second-order valence-electron chi connectivity index (χ2n) is 10.6. The minimum atomic E-state index is -1.20. The average molecular weight is 520 g/mol. The van der Waals surface area contributed by atoms with Gasteiger partial charge in [0.25, 0.3) is 0 Å². The van der Waals surface area contributed by atoms with Gasteiger partial charge in [0, 0.05) is 50.7 Å². The molecule has 0 aliphatic carbocycles. The van der Waals surface area contributed by atoms with Gasteiger partial charge in [0.05, 0.1) is 6.54 Å². The molecule has 3 heterocycles. The van der Waals surface area contributed by atoms with Crippen LogP contribution in [-0.2, 0) is 19.1 Å². The Balaban J connectivity index is 1.60. The summed E-state index contributed by atoms with van der Waals surface area (Å²) >= 11 is 0. The molecular formula is C25H37N5O7. The molecule has 2 saturated heterocycles. The normalized spacial score (nSPS) is 21.0. The Morgan fingerprint density at radius 3 is 2.24 bits per heavy atom. The van der Waals surface area contributed by atoms with E-state index in [1.165, 1.54) is 4.90 Å². The number of likely N-dealkylation sites (tertiary alicyclic amines) is 1. The van der Waals surface area contributed by atoms with Gasteiger partial charge in [0.1, 0.15) is 23.8 Å². The molecule has 0 radical (unpaired) electrons. The molecule has 0 aromatic carbocycles. The molecule has 1 aromatic heterocycles. The highest BCUT2D eigenvalue weighted by atomic mass is 16.6. The average Bonchev–Trinajstić information content (AvgIpc) is 3.25. The minimum absolute atomic E-state index is 0.0267. The fourth-order valence-electron chi connectivity index (χ4n) is 4.41. The summed E-state index contributed by atoms with van der Waals surface area (Å²) in [6.07, 6.45) is 1.33. The van der Waals surface area contributed by atoms with Crippen LogP contribution in [0.25, 0.3) is 0 Å². The number of pyridine rings is 1. The molecule has 204 valence electrons. The standard InChI is InChI=1S/C25H37N5O7/c1-16(2)20(27-23(34)37-25(3,4)5)21(31)30-15-18(14-19(30)22(32)33)36-24(35)29-12-10-28(11-13-29)17-6-8-26-9-7-17/h6-9,16,18-20H,10-15H2,1-5H3,(H,27,34)(H,32,33)/t18-,19+,20+/m1/s1. The molecule has 12 heteroatoms. The SMILES string of the molecule is CC(C)[C@H](NC(=O)OC(C)(C)C)C(=O)N1C[C@H](OC(=O)N2CCN(c3ccncc3)CC2)C[C@H]1C(=O)O. The Morgan fingerprint density at radius 2 is 1.70 bits per heavy atom. The van der Waals surface area contributed by atoms with Crippen molar-refractivity contribution in [2.75, 3.05) is 37.6 Å². The molecule has 2 aliphatic heterocycles. The molecule has 3 amide bonds. The summed E-state index contributed by atoms with van der Waals surface area (Å²) < 4.78 is 10.9. The molecule has 2 aliphatic rings. The van der Waals surface area contributed by atoms with Gasteiger partial charge in [0.2, 0.25) is 5.91 Å². The zero-order valence-corrected chi connectivity index (χ0v) is 22.0. The van der Waals surface area contributed by atoms with Crippen molar-refractivity contribution >= 4 is 29.8 Å². The number of hydrogen-bond acceptors (Lipinski definition) is 8. The van der Waals surface area contributed by atoms with E-state index >= 15 is 0 Å². The van der Waals surface area contributed by atoms with Crippen molar-refractivity contribution in [3.05, 3.63) is 24.5 Å². The van der Waals surface area contributed by atoms with E-state index in [1.54, 1.807) is 51.9 Å². The van der Waals surface area contributed by atoms with E-state index in [9.17, 15) is 24.3 Å². The minimum Gasteiger partial charge on any atom is -0.480 e. The van der Waals surface area contributed by atoms with Crippen LogP contribution in [-0.4, -0.2) is 100 Å². The summed E-state index contributed by atoms with van der Waals surface area (Å²) in [5.74, 6) is -2.08. The quantitative estimate of drug-likeness (QED) is 0.577. The molecule has 3 atom stereocenters. The van der Waals surface area contributed by atoms with Crippen molar-refractivity contribution in [1.82, 2.24) is 20.1 Å². The highest BCUT2D eigenvalue weighted by molar-refractivity contribution is 5.90. The maximum Gasteiger partial charge on any atom is 0.410 e. The van der Waals surface area contributed by atoms with Crippen LogP contribution in [0.15, 0.2) is 24.5 Å². The first kappa shape index (κ1) is 28.0. The number of ether oxygens (including phenoxy) is 2. The van der Waals surface area contributed by atoms with Crippen molar-refractivity contribution in [2.24, 2.45) is 5.92 Å². The lowest BCUT2D eigenvalue weighted by atomic mass is 10.0. The molecule has 37 heavy (non-hydrogen) atoms. The summed E-state index contributed by atoms with van der Waals surface area (Å²) in [5, 5.41) is 12.3. The van der Waals surface area contributed by atoms with Crippen LogP contribution >= 0.6 is 0 Å². The third-order valence-electron chi connectivity index (χ3n) is 6.27. The third-order valence-corrected chi connectivity index (χ3v) is 6.27. The van der Waals surface area contributed by atoms with Gasteiger partial charge in [-0.25, -0.2) is 14.4 Å². The topological polar surface area (TPSA) is 142 Å². The number of carbonyl (C=O) groups is 4. The zero-order chi connectivity index (χ0) is 27.3. The van der Waals surface area contributed by atoms with Gasteiger partial charge in [-0.1, -0.05) is 13.8 Å². The van der Waals surface area contributed by atoms with Crippen molar-refractivity contribution in [3.63, 3.8) is 0 Å². The predicted molar refractivity (Wildman–Crippen MR) is 134 cm³/mol. The Bertz CT molecular complexity index is 973. The number of rotatable bonds is 6. The van der Waals surface area contributed by atoms with Gasteiger partial charge in [-0.2, -0.15) is 0 Å². The fourth-order valence-corrected chi connectivity index (χ4v) is 4.41. The van der Waals surface area contributed by atoms with Crippen molar-refractivity contribution in [1.29, 1.82) is 0 Å². The number of carboxylic acids is 1. The lowest BCUT2D eigenvalue weighted by Gasteiger charge is -2.35. The molecule has 1 aromatic rings. The van der Waals surface area contributed by atoms with Gasteiger partial charge >= 0.3 is 18.2 Å². The zero-order valence-electron chi connectivity index (χ0n) is 22.0. The maximum atomic E-state index is 13.3. The summed E-state index contributed by atoms with van der Waals surface area (Å²) in [6, 6.07) is 1.65. The molecule has 2 fully saturated rings. The van der Waals surface area contributed by atoms with E-state index in [1.807, 2.05) is 12.1 Å². The summed E-state index contributed by atoms with van der Waals surface area (Å²) in [4.78, 5) is 59.3. The number of aliphatic carboxylic acids is 1. The van der Waals surface area contributed by atoms with E-state index in [2.05, 4.69) is 15.2 Å². The van der Waals surface area contributed by atoms with Gasteiger partial charge in [0.15, 0.2) is 0 Å². The van der Waals surface area contributed by atoms with Crippen LogP contribution in [0, 0.1) is 5.92 Å². The van der Waals surface area contributed by atoms with Crippen LogP contribution in [0.5, 0.6) is 0 Å². The second kappa shape index (κ2) is 11.7. The number of carbonyl (C=O) groups excluding carboxylic acids is 3. The van der Waals surface area contributed by atoms with Gasteiger partial charge in [-0.3, -0.25) is 9.78 Å². The molecule has 0 spiro atoms. The number of carboxylic acid groups (broad SMARTS) is 1. The van der Waals surface area contributed by atoms with Crippen molar-refractivity contribution in [2.45, 2.75) is 64.8 Å². The first-order valence-electron chi connectivity index (χ1n) is 12.5. The number of anilines is 1. The molecule has 2 N–H and O–H groups in total. The van der Waals surface area contributed by atoms with Crippen LogP contribution in [0.4, 0.5) is 15.3 Å². The molecular weight excluding hydrogens is 482 g/mol. The molecule has 0 saturated carbocycles.